The SMILES string of the molecule is Cc1c(S(C)(=O)=O)c(-c2cccc(N3CCN(c4ccc(N5CCO[P@]5(=O)c5ccc(C[C@H](CCN6CCC(CO)CC6)CSc6ccccc6)c([N+](=O)[O-])c5)cc4)CC3)c2)c(-c2ccc(Cl)cc2)n1C(C)C. The van der Waals surface area contributed by atoms with Gasteiger partial charge in [0.15, 0.2) is 9.84 Å². The van der Waals surface area contributed by atoms with Crippen LogP contribution in [0.15, 0.2) is 131 Å². The van der Waals surface area contributed by atoms with Gasteiger partial charge in [-0.15, -0.1) is 11.8 Å². The molecule has 13 nitrogen and oxygen atoms in total. The van der Waals surface area contributed by atoms with E-state index in [1.807, 2.05) is 85.8 Å². The molecule has 0 saturated carbocycles. The summed E-state index contributed by atoms with van der Waals surface area (Å²) in [4.78, 5) is 21.0. The number of likely N-dealkylation sites (tertiary alicyclic amines) is 1. The third-order valence-electron chi connectivity index (χ3n) is 14.7. The monoisotopic (exact) mass is 1060 g/mol. The first-order valence-corrected chi connectivity index (χ1v) is 30.2. The van der Waals surface area contributed by atoms with Crippen LogP contribution in [0.3, 0.4) is 0 Å². The van der Waals surface area contributed by atoms with Crippen molar-refractivity contribution in [2.75, 3.05) is 92.1 Å². The molecule has 5 aromatic carbocycles. The van der Waals surface area contributed by atoms with Crippen LogP contribution < -0.4 is 19.8 Å². The Labute approximate surface area is 439 Å². The van der Waals surface area contributed by atoms with Crippen molar-refractivity contribution >= 4 is 68.8 Å². The maximum absolute atomic E-state index is 14.9. The number of hydrogen-bond acceptors (Lipinski definition) is 11. The molecule has 0 aliphatic carbocycles. The highest BCUT2D eigenvalue weighted by Crippen LogP contribution is 2.56. The number of aliphatic hydroxyl groups is 1. The summed E-state index contributed by atoms with van der Waals surface area (Å²) in [5.41, 5.74) is 7.31. The van der Waals surface area contributed by atoms with Gasteiger partial charge in [0.2, 0.25) is 0 Å². The van der Waals surface area contributed by atoms with Crippen LogP contribution in [0.2, 0.25) is 5.02 Å². The second kappa shape index (κ2) is 22.8. The lowest BCUT2D eigenvalue weighted by atomic mass is 9.94. The smallest absolute Gasteiger partial charge is 0.326 e. The maximum atomic E-state index is 14.9. The van der Waals surface area contributed by atoms with Gasteiger partial charge in [-0.05, 0) is 156 Å². The van der Waals surface area contributed by atoms with Crippen molar-refractivity contribution in [1.82, 2.24) is 9.47 Å². The summed E-state index contributed by atoms with van der Waals surface area (Å²) in [6.07, 6.45) is 4.65. The Morgan fingerprint density at radius 3 is 2.14 bits per heavy atom. The van der Waals surface area contributed by atoms with E-state index >= 15 is 0 Å². The Bertz CT molecular complexity index is 3050. The number of hydrogen-bond donors (Lipinski definition) is 1. The van der Waals surface area contributed by atoms with E-state index in [0.717, 1.165) is 110 Å². The molecule has 73 heavy (non-hydrogen) atoms. The number of aromatic nitrogens is 1. The molecule has 9 rings (SSSR count). The molecule has 3 aliphatic heterocycles. The minimum atomic E-state index is -3.69. The van der Waals surface area contributed by atoms with Crippen molar-refractivity contribution in [2.45, 2.75) is 62.3 Å². The van der Waals surface area contributed by atoms with E-state index in [1.54, 1.807) is 28.6 Å². The van der Waals surface area contributed by atoms with Crippen molar-refractivity contribution in [3.63, 3.8) is 0 Å². The van der Waals surface area contributed by atoms with E-state index in [1.165, 1.54) is 12.3 Å². The van der Waals surface area contributed by atoms with Gasteiger partial charge in [0, 0.05) is 101 Å². The predicted octanol–water partition coefficient (Wildman–Crippen LogP) is 11.4. The molecule has 3 fully saturated rings. The third-order valence-corrected chi connectivity index (χ3v) is 20.0. The zero-order chi connectivity index (χ0) is 51.4. The molecule has 4 heterocycles. The highest BCUT2D eigenvalue weighted by molar-refractivity contribution is 7.99. The zero-order valence-electron chi connectivity index (χ0n) is 42.1. The van der Waals surface area contributed by atoms with Gasteiger partial charge in [-0.1, -0.05) is 60.1 Å². The summed E-state index contributed by atoms with van der Waals surface area (Å²) in [6.45, 7) is 12.6. The molecule has 386 valence electrons. The van der Waals surface area contributed by atoms with Gasteiger partial charge < -0.3 is 28.9 Å². The van der Waals surface area contributed by atoms with Crippen molar-refractivity contribution in [3.05, 3.63) is 148 Å². The molecule has 6 aromatic rings. The van der Waals surface area contributed by atoms with Gasteiger partial charge in [-0.25, -0.2) is 8.42 Å². The largest absolute Gasteiger partial charge is 0.396 e. The van der Waals surface area contributed by atoms with Crippen molar-refractivity contribution < 1.29 is 27.5 Å². The van der Waals surface area contributed by atoms with Gasteiger partial charge in [0.1, 0.15) is 0 Å². The second-order valence-corrected chi connectivity index (χ2v) is 25.7. The molecule has 0 amide bonds. The summed E-state index contributed by atoms with van der Waals surface area (Å²) in [5, 5.41) is 23.3. The van der Waals surface area contributed by atoms with Crippen molar-refractivity contribution in [2.24, 2.45) is 11.8 Å². The fraction of sp³-hybridized carbons (Fsp3) is 0.393. The summed E-state index contributed by atoms with van der Waals surface area (Å²) in [7, 11) is -7.30. The quantitative estimate of drug-likeness (QED) is 0.0379. The van der Waals surface area contributed by atoms with E-state index in [2.05, 4.69) is 57.4 Å². The average Bonchev–Trinajstić information content (AvgIpc) is 3.96. The van der Waals surface area contributed by atoms with E-state index < -0.39 is 17.4 Å². The molecular weight excluding hydrogens is 999 g/mol. The molecule has 0 bridgehead atoms. The number of thioether (sulfide) groups is 1. The summed E-state index contributed by atoms with van der Waals surface area (Å²) < 4.78 is 52.0. The number of rotatable bonds is 18. The lowest BCUT2D eigenvalue weighted by Crippen LogP contribution is -2.46. The summed E-state index contributed by atoms with van der Waals surface area (Å²) >= 11 is 8.08. The first-order valence-electron chi connectivity index (χ1n) is 25.3. The number of piperazine rings is 1. The van der Waals surface area contributed by atoms with E-state index in [9.17, 15) is 28.2 Å². The molecule has 17 heteroatoms. The highest BCUT2D eigenvalue weighted by atomic mass is 35.5. The number of aliphatic hydroxyl groups excluding tert-OH is 1. The lowest BCUT2D eigenvalue weighted by Gasteiger charge is -2.37. The molecule has 3 aliphatic rings. The van der Waals surface area contributed by atoms with Crippen LogP contribution in [-0.4, -0.2) is 105 Å². The first kappa shape index (κ1) is 52.7. The van der Waals surface area contributed by atoms with E-state index in [0.29, 0.717) is 50.9 Å². The number of nitro benzene ring substituents is 1. The van der Waals surface area contributed by atoms with Crippen LogP contribution >= 0.6 is 30.9 Å². The van der Waals surface area contributed by atoms with Crippen molar-refractivity contribution in [3.8, 4) is 22.4 Å². The van der Waals surface area contributed by atoms with E-state index in [-0.39, 0.29) is 35.8 Å². The fourth-order valence-electron chi connectivity index (χ4n) is 10.9. The average molecular weight is 1070 g/mol. The second-order valence-electron chi connectivity index (χ2n) is 19.9. The lowest BCUT2D eigenvalue weighted by molar-refractivity contribution is -0.385. The molecule has 1 aromatic heterocycles. The standard InChI is InChI=1S/C56H66ClN6O7PS2/c1-40(2)62-41(3)56(73(4,68)69)54(55(62)44-13-16-47(57)17-14-44)46-9-8-10-50(36-46)60-31-29-59(30-32-60)48-18-20-49(21-19-48)61-33-34-70-71(61,67)51-22-15-45(53(37-51)63(65)66)35-43(39-72-52-11-6-5-7-12-52)25-28-58-26-23-42(38-64)24-27-58/h5-22,36-37,40,42-43,64H,23-35,38-39H2,1-4H3/t43-,71+/m0/s1. The number of nitrogens with zero attached hydrogens (tertiary/aromatic N) is 6. The Kier molecular flexibility index (Phi) is 16.5. The fourth-order valence-corrected chi connectivity index (χ4v) is 15.6. The molecule has 0 spiro atoms. The molecule has 0 unspecified atom stereocenters. The molecule has 3 saturated heterocycles. The molecular formula is C56H66ClN6O7PS2. The van der Waals surface area contributed by atoms with Gasteiger partial charge in [-0.2, -0.15) is 0 Å². The van der Waals surface area contributed by atoms with E-state index in [4.69, 9.17) is 16.1 Å². The van der Waals surface area contributed by atoms with Gasteiger partial charge in [0.05, 0.1) is 34.0 Å². The van der Waals surface area contributed by atoms with Crippen molar-refractivity contribution in [1.29, 1.82) is 0 Å². The Balaban J connectivity index is 0.888. The molecule has 2 atom stereocenters. The van der Waals surface area contributed by atoms with Crippen LogP contribution in [0.25, 0.3) is 22.4 Å². The molecule has 0 radical (unpaired) electrons. The maximum Gasteiger partial charge on any atom is 0.326 e. The number of benzene rings is 5. The van der Waals surface area contributed by atoms with Crippen LogP contribution in [0, 0.1) is 28.9 Å². The first-order chi connectivity index (χ1) is 35.1. The van der Waals surface area contributed by atoms with Gasteiger partial charge >= 0.3 is 7.52 Å². The van der Waals surface area contributed by atoms with Crippen LogP contribution in [0.4, 0.5) is 22.7 Å². The Morgan fingerprint density at radius 2 is 1.49 bits per heavy atom. The highest BCUT2D eigenvalue weighted by Gasteiger charge is 2.41. The van der Waals surface area contributed by atoms with Gasteiger partial charge in [-0.3, -0.25) is 19.3 Å². The topological polar surface area (TPSA) is 142 Å². The zero-order valence-corrected chi connectivity index (χ0v) is 45.4. The number of piperidine rings is 1. The Morgan fingerprint density at radius 1 is 0.822 bits per heavy atom. The van der Waals surface area contributed by atoms with Crippen LogP contribution in [-0.2, 0) is 25.3 Å². The van der Waals surface area contributed by atoms with Gasteiger partial charge in [0.25, 0.3) is 5.69 Å². The number of nitro groups is 1. The third kappa shape index (κ3) is 11.7. The minimum Gasteiger partial charge on any atom is -0.396 e. The number of anilines is 3. The van der Waals surface area contributed by atoms with Crippen LogP contribution in [0.5, 0.6) is 0 Å². The number of halogens is 1. The summed E-state index contributed by atoms with van der Waals surface area (Å²) in [6, 6.07) is 39.0. The minimum absolute atomic E-state index is 0.00212. The Hall–Kier alpha value is -5.12. The molecule has 1 N–H and O–H groups in total. The van der Waals surface area contributed by atoms with Crippen LogP contribution in [0.1, 0.15) is 50.4 Å². The predicted molar refractivity (Wildman–Crippen MR) is 298 cm³/mol. The summed E-state index contributed by atoms with van der Waals surface area (Å²) in [5.74, 6) is 1.33. The normalized spacial score (nSPS) is 18.5. The number of sulfone groups is 1.